The van der Waals surface area contributed by atoms with Crippen LogP contribution in [0.2, 0.25) is 0 Å². The lowest BCUT2D eigenvalue weighted by atomic mass is 10.2. The van der Waals surface area contributed by atoms with Gasteiger partial charge in [-0.15, -0.1) is 11.8 Å². The van der Waals surface area contributed by atoms with Gasteiger partial charge in [0.25, 0.3) is 0 Å². The van der Waals surface area contributed by atoms with Gasteiger partial charge in [0.2, 0.25) is 0 Å². The van der Waals surface area contributed by atoms with Crippen LogP contribution in [0, 0.1) is 5.82 Å². The molecule has 2 nitrogen and oxygen atoms in total. The Bertz CT molecular complexity index is 306. The molecule has 1 aromatic carbocycles. The summed E-state index contributed by atoms with van der Waals surface area (Å²) in [5.74, 6) is -0.272. The minimum atomic E-state index is -0.272. The van der Waals surface area contributed by atoms with Crippen molar-refractivity contribution in [3.8, 4) is 0 Å². The van der Waals surface area contributed by atoms with Crippen molar-refractivity contribution in [3.63, 3.8) is 0 Å². The molecule has 0 aliphatic heterocycles. The number of thioether (sulfide) groups is 1. The van der Waals surface area contributed by atoms with E-state index in [-0.39, 0.29) is 17.7 Å². The average Bonchev–Trinajstić information content (AvgIpc) is 2.20. The zero-order valence-corrected chi connectivity index (χ0v) is 8.85. The van der Waals surface area contributed by atoms with Gasteiger partial charge in [-0.25, -0.2) is 4.39 Å². The van der Waals surface area contributed by atoms with E-state index in [4.69, 9.17) is 10.8 Å². The summed E-state index contributed by atoms with van der Waals surface area (Å²) in [5, 5.41) is 8.99. The summed E-state index contributed by atoms with van der Waals surface area (Å²) >= 11 is 1.51. The number of aliphatic hydroxyl groups is 1. The van der Waals surface area contributed by atoms with E-state index in [0.29, 0.717) is 6.54 Å². The van der Waals surface area contributed by atoms with Crippen molar-refractivity contribution < 1.29 is 9.50 Å². The molecule has 14 heavy (non-hydrogen) atoms. The van der Waals surface area contributed by atoms with Gasteiger partial charge in [-0.2, -0.15) is 0 Å². The van der Waals surface area contributed by atoms with Crippen LogP contribution in [-0.2, 0) is 6.54 Å². The number of benzene rings is 1. The van der Waals surface area contributed by atoms with Crippen LogP contribution < -0.4 is 5.73 Å². The van der Waals surface area contributed by atoms with Crippen LogP contribution in [0.1, 0.15) is 12.5 Å². The first-order valence-corrected chi connectivity index (χ1v) is 5.31. The molecule has 1 aromatic rings. The Morgan fingerprint density at radius 2 is 2.29 bits per heavy atom. The van der Waals surface area contributed by atoms with Crippen molar-refractivity contribution in [2.75, 3.05) is 6.61 Å². The van der Waals surface area contributed by atoms with Crippen LogP contribution >= 0.6 is 11.8 Å². The molecule has 0 saturated heterocycles. The van der Waals surface area contributed by atoms with Crippen LogP contribution in [0.3, 0.4) is 0 Å². The molecule has 1 rings (SSSR count). The Labute approximate surface area is 87.3 Å². The van der Waals surface area contributed by atoms with E-state index in [1.54, 1.807) is 6.07 Å². The molecule has 0 aliphatic rings. The van der Waals surface area contributed by atoms with Gasteiger partial charge in [-0.3, -0.25) is 0 Å². The van der Waals surface area contributed by atoms with E-state index in [9.17, 15) is 4.39 Å². The normalized spacial score (nSPS) is 12.9. The molecule has 1 unspecified atom stereocenters. The Kier molecular flexibility index (Phi) is 4.38. The number of hydrogen-bond acceptors (Lipinski definition) is 3. The lowest BCUT2D eigenvalue weighted by molar-refractivity contribution is 0.300. The Balaban J connectivity index is 2.85. The Morgan fingerprint density at radius 1 is 1.57 bits per heavy atom. The number of hydrogen-bond donors (Lipinski definition) is 2. The predicted octanol–water partition coefficient (Wildman–Crippen LogP) is 1.76. The summed E-state index contributed by atoms with van der Waals surface area (Å²) in [7, 11) is 0. The largest absolute Gasteiger partial charge is 0.395 e. The fourth-order valence-electron chi connectivity index (χ4n) is 1.08. The first-order chi connectivity index (χ1) is 6.67. The van der Waals surface area contributed by atoms with Crippen molar-refractivity contribution in [2.24, 2.45) is 5.73 Å². The molecule has 0 saturated carbocycles. The second kappa shape index (κ2) is 5.34. The highest BCUT2D eigenvalue weighted by Crippen LogP contribution is 2.26. The minimum absolute atomic E-state index is 0.103. The van der Waals surface area contributed by atoms with Gasteiger partial charge in [-0.05, 0) is 23.8 Å². The molecule has 0 amide bonds. The fourth-order valence-corrected chi connectivity index (χ4v) is 2.02. The lowest BCUT2D eigenvalue weighted by Crippen LogP contribution is -2.05. The average molecular weight is 215 g/mol. The van der Waals surface area contributed by atoms with Gasteiger partial charge < -0.3 is 10.8 Å². The van der Waals surface area contributed by atoms with Crippen molar-refractivity contribution in [1.82, 2.24) is 0 Å². The van der Waals surface area contributed by atoms with Gasteiger partial charge in [0, 0.05) is 16.7 Å². The molecule has 3 N–H and O–H groups in total. The van der Waals surface area contributed by atoms with Crippen molar-refractivity contribution in [1.29, 1.82) is 0 Å². The molecule has 0 aliphatic carbocycles. The molecule has 78 valence electrons. The molecular weight excluding hydrogens is 201 g/mol. The van der Waals surface area contributed by atoms with E-state index in [2.05, 4.69) is 0 Å². The first kappa shape index (κ1) is 11.5. The third-order valence-electron chi connectivity index (χ3n) is 1.83. The van der Waals surface area contributed by atoms with Crippen LogP contribution in [-0.4, -0.2) is 17.0 Å². The standard InChI is InChI=1S/C10H14FNOS/c1-7(6-13)14-10-3-2-9(11)4-8(10)5-12/h2-4,7,13H,5-6,12H2,1H3. The second-order valence-corrected chi connectivity index (χ2v) is 4.55. The number of nitrogens with two attached hydrogens (primary N) is 1. The van der Waals surface area contributed by atoms with E-state index < -0.39 is 0 Å². The summed E-state index contributed by atoms with van der Waals surface area (Å²) in [6.45, 7) is 2.33. The van der Waals surface area contributed by atoms with Crippen LogP contribution in [0.4, 0.5) is 4.39 Å². The predicted molar refractivity (Wildman–Crippen MR) is 56.7 cm³/mol. The van der Waals surface area contributed by atoms with Gasteiger partial charge in [0.15, 0.2) is 0 Å². The summed E-state index contributed by atoms with van der Waals surface area (Å²) in [6, 6.07) is 4.55. The summed E-state index contributed by atoms with van der Waals surface area (Å²) in [5.41, 5.74) is 6.28. The molecule has 4 heteroatoms. The van der Waals surface area contributed by atoms with Gasteiger partial charge in [0.05, 0.1) is 6.61 Å². The molecule has 0 bridgehead atoms. The zero-order chi connectivity index (χ0) is 10.6. The van der Waals surface area contributed by atoms with E-state index >= 15 is 0 Å². The zero-order valence-electron chi connectivity index (χ0n) is 8.03. The van der Waals surface area contributed by atoms with Crippen molar-refractivity contribution >= 4 is 11.8 Å². The SMILES string of the molecule is CC(CO)Sc1ccc(F)cc1CN. The molecule has 0 spiro atoms. The maximum atomic E-state index is 12.8. The third-order valence-corrected chi connectivity index (χ3v) is 3.03. The van der Waals surface area contributed by atoms with E-state index in [1.165, 1.54) is 23.9 Å². The van der Waals surface area contributed by atoms with Crippen LogP contribution in [0.5, 0.6) is 0 Å². The lowest BCUT2D eigenvalue weighted by Gasteiger charge is -2.11. The van der Waals surface area contributed by atoms with Gasteiger partial charge in [-0.1, -0.05) is 6.92 Å². The van der Waals surface area contributed by atoms with Crippen molar-refractivity contribution in [3.05, 3.63) is 29.6 Å². The second-order valence-electron chi connectivity index (χ2n) is 3.07. The highest BCUT2D eigenvalue weighted by molar-refractivity contribution is 8.00. The van der Waals surface area contributed by atoms with Gasteiger partial charge in [0.1, 0.15) is 5.82 Å². The monoisotopic (exact) mass is 215 g/mol. The molecule has 1 atom stereocenters. The van der Waals surface area contributed by atoms with Crippen LogP contribution in [0.25, 0.3) is 0 Å². The third kappa shape index (κ3) is 2.97. The molecule has 0 fully saturated rings. The fraction of sp³-hybridized carbons (Fsp3) is 0.400. The van der Waals surface area contributed by atoms with E-state index in [1.807, 2.05) is 6.92 Å². The first-order valence-electron chi connectivity index (χ1n) is 4.43. The topological polar surface area (TPSA) is 46.2 Å². The minimum Gasteiger partial charge on any atom is -0.395 e. The Hall–Kier alpha value is -0.580. The highest BCUT2D eigenvalue weighted by Gasteiger charge is 2.07. The molecular formula is C10H14FNOS. The van der Waals surface area contributed by atoms with Crippen molar-refractivity contribution in [2.45, 2.75) is 23.6 Å². The quantitative estimate of drug-likeness (QED) is 0.752. The molecule has 0 radical (unpaired) electrons. The van der Waals surface area contributed by atoms with Gasteiger partial charge >= 0.3 is 0 Å². The maximum Gasteiger partial charge on any atom is 0.123 e. The number of aliphatic hydroxyl groups excluding tert-OH is 1. The van der Waals surface area contributed by atoms with Crippen LogP contribution in [0.15, 0.2) is 23.1 Å². The summed E-state index contributed by atoms with van der Waals surface area (Å²) < 4.78 is 12.8. The number of rotatable bonds is 4. The number of halogens is 1. The molecule has 0 aromatic heterocycles. The molecule has 0 heterocycles. The summed E-state index contributed by atoms with van der Waals surface area (Å²) in [4.78, 5) is 0.940. The Morgan fingerprint density at radius 3 is 2.86 bits per heavy atom. The smallest absolute Gasteiger partial charge is 0.123 e. The van der Waals surface area contributed by atoms with E-state index in [0.717, 1.165) is 10.5 Å². The summed E-state index contributed by atoms with van der Waals surface area (Å²) in [6.07, 6.45) is 0. The highest BCUT2D eigenvalue weighted by atomic mass is 32.2. The maximum absolute atomic E-state index is 12.8.